The molecule has 0 aliphatic carbocycles. The summed E-state index contributed by atoms with van der Waals surface area (Å²) in [4.78, 5) is 18.6. The molecule has 22 heavy (non-hydrogen) atoms. The molecule has 1 aliphatic heterocycles. The molecule has 6 heteroatoms. The number of pyridine rings is 1. The fourth-order valence-corrected chi connectivity index (χ4v) is 2.21. The van der Waals surface area contributed by atoms with E-state index in [0.29, 0.717) is 5.56 Å². The zero-order valence-corrected chi connectivity index (χ0v) is 13.5. The zero-order chi connectivity index (χ0) is 15.8. The molecule has 2 N–H and O–H groups in total. The van der Waals surface area contributed by atoms with Gasteiger partial charge in [-0.15, -0.1) is 0 Å². The summed E-state index contributed by atoms with van der Waals surface area (Å²) in [7, 11) is 0. The Kier molecular flexibility index (Phi) is 6.61. The van der Waals surface area contributed by atoms with Crippen molar-refractivity contribution < 1.29 is 9.53 Å². The van der Waals surface area contributed by atoms with Crippen LogP contribution in [0, 0.1) is 0 Å². The summed E-state index contributed by atoms with van der Waals surface area (Å²) in [5.74, 6) is 0.732. The Morgan fingerprint density at radius 2 is 2.18 bits per heavy atom. The van der Waals surface area contributed by atoms with Crippen molar-refractivity contribution in [2.24, 2.45) is 0 Å². The van der Waals surface area contributed by atoms with Crippen molar-refractivity contribution in [3.8, 4) is 0 Å². The first-order chi connectivity index (χ1) is 10.7. The van der Waals surface area contributed by atoms with Crippen molar-refractivity contribution >= 4 is 11.7 Å². The van der Waals surface area contributed by atoms with Gasteiger partial charge in [0.1, 0.15) is 5.82 Å². The molecule has 2 heterocycles. The summed E-state index contributed by atoms with van der Waals surface area (Å²) < 4.78 is 5.32. The number of nitrogens with zero attached hydrogens (tertiary/aromatic N) is 2. The Morgan fingerprint density at radius 1 is 1.41 bits per heavy atom. The lowest BCUT2D eigenvalue weighted by atomic mass is 10.2. The monoisotopic (exact) mass is 306 g/mol. The van der Waals surface area contributed by atoms with Crippen molar-refractivity contribution in [1.82, 2.24) is 15.2 Å². The highest BCUT2D eigenvalue weighted by molar-refractivity contribution is 5.94. The number of ether oxygens (including phenoxy) is 1. The Balaban J connectivity index is 1.75. The first kappa shape index (κ1) is 16.7. The highest BCUT2D eigenvalue weighted by atomic mass is 16.5. The molecule has 0 spiro atoms. The summed E-state index contributed by atoms with van der Waals surface area (Å²) in [5, 5.41) is 6.22. The van der Waals surface area contributed by atoms with Crippen LogP contribution in [0.15, 0.2) is 18.3 Å². The quantitative estimate of drug-likeness (QED) is 0.796. The molecule has 1 unspecified atom stereocenters. The third-order valence-electron chi connectivity index (χ3n) is 3.85. The first-order valence-corrected chi connectivity index (χ1v) is 8.00. The van der Waals surface area contributed by atoms with Crippen LogP contribution in [0.2, 0.25) is 0 Å². The molecule has 0 saturated carbocycles. The maximum Gasteiger partial charge on any atom is 0.253 e. The van der Waals surface area contributed by atoms with Crippen LogP contribution in [-0.2, 0) is 4.74 Å². The topological polar surface area (TPSA) is 66.5 Å². The van der Waals surface area contributed by atoms with E-state index >= 15 is 0 Å². The Labute approximate surface area is 132 Å². The number of morpholine rings is 1. The van der Waals surface area contributed by atoms with E-state index < -0.39 is 0 Å². The van der Waals surface area contributed by atoms with Crippen molar-refractivity contribution in [2.45, 2.75) is 26.3 Å². The molecule has 1 aromatic rings. The van der Waals surface area contributed by atoms with Crippen LogP contribution in [0.4, 0.5) is 5.82 Å². The highest BCUT2D eigenvalue weighted by Crippen LogP contribution is 2.06. The van der Waals surface area contributed by atoms with Crippen molar-refractivity contribution in [3.63, 3.8) is 0 Å². The predicted molar refractivity (Wildman–Crippen MR) is 87.2 cm³/mol. The maximum atomic E-state index is 12.0. The molecular weight excluding hydrogens is 280 g/mol. The standard InChI is InChI=1S/C16H26N4O2/c1-3-13(2)19-16(21)14-4-5-15(18-12-14)17-6-7-20-8-10-22-11-9-20/h4-5,12-13H,3,6-11H2,1-2H3,(H,17,18)(H,19,21). The Hall–Kier alpha value is -1.66. The second-order valence-electron chi connectivity index (χ2n) is 5.60. The number of rotatable bonds is 7. The van der Waals surface area contributed by atoms with E-state index in [1.165, 1.54) is 0 Å². The summed E-state index contributed by atoms with van der Waals surface area (Å²) in [6, 6.07) is 3.84. The number of amides is 1. The summed E-state index contributed by atoms with van der Waals surface area (Å²) in [5.41, 5.74) is 0.596. The van der Waals surface area contributed by atoms with E-state index in [1.54, 1.807) is 6.20 Å². The molecule has 1 aromatic heterocycles. The number of hydrogen-bond acceptors (Lipinski definition) is 5. The largest absolute Gasteiger partial charge is 0.379 e. The number of aromatic nitrogens is 1. The number of carbonyl (C=O) groups is 1. The minimum Gasteiger partial charge on any atom is -0.379 e. The second-order valence-corrected chi connectivity index (χ2v) is 5.60. The van der Waals surface area contributed by atoms with Crippen molar-refractivity contribution in [2.75, 3.05) is 44.7 Å². The number of nitrogens with one attached hydrogen (secondary N) is 2. The molecule has 1 atom stereocenters. The molecular formula is C16H26N4O2. The average Bonchev–Trinajstić information content (AvgIpc) is 2.56. The molecule has 1 saturated heterocycles. The van der Waals surface area contributed by atoms with E-state index in [0.717, 1.165) is 51.6 Å². The number of anilines is 1. The Bertz CT molecular complexity index is 458. The summed E-state index contributed by atoms with van der Waals surface area (Å²) >= 11 is 0. The van der Waals surface area contributed by atoms with Crippen LogP contribution in [0.25, 0.3) is 0 Å². The van der Waals surface area contributed by atoms with Gasteiger partial charge in [0.15, 0.2) is 0 Å². The van der Waals surface area contributed by atoms with Gasteiger partial charge < -0.3 is 15.4 Å². The summed E-state index contributed by atoms with van der Waals surface area (Å²) in [6.07, 6.45) is 2.54. The van der Waals surface area contributed by atoms with Crippen LogP contribution in [0.5, 0.6) is 0 Å². The average molecular weight is 306 g/mol. The lowest BCUT2D eigenvalue weighted by molar-refractivity contribution is 0.0398. The van der Waals surface area contributed by atoms with E-state index in [9.17, 15) is 4.79 Å². The van der Waals surface area contributed by atoms with Gasteiger partial charge in [-0.25, -0.2) is 4.98 Å². The van der Waals surface area contributed by atoms with Crippen LogP contribution in [-0.4, -0.2) is 61.2 Å². The molecule has 0 bridgehead atoms. The van der Waals surface area contributed by atoms with E-state index in [-0.39, 0.29) is 11.9 Å². The third-order valence-corrected chi connectivity index (χ3v) is 3.85. The van der Waals surface area contributed by atoms with E-state index in [1.807, 2.05) is 26.0 Å². The number of carbonyl (C=O) groups excluding carboxylic acids is 1. The smallest absolute Gasteiger partial charge is 0.253 e. The molecule has 0 radical (unpaired) electrons. The fourth-order valence-electron chi connectivity index (χ4n) is 2.21. The molecule has 6 nitrogen and oxygen atoms in total. The lowest BCUT2D eigenvalue weighted by Gasteiger charge is -2.26. The molecule has 1 amide bonds. The van der Waals surface area contributed by atoms with Gasteiger partial charge in [-0.1, -0.05) is 6.92 Å². The van der Waals surface area contributed by atoms with Gasteiger partial charge in [0.25, 0.3) is 5.91 Å². The SMILES string of the molecule is CCC(C)NC(=O)c1ccc(NCCN2CCOCC2)nc1. The molecule has 0 aromatic carbocycles. The second kappa shape index (κ2) is 8.70. The lowest BCUT2D eigenvalue weighted by Crippen LogP contribution is -2.39. The molecule has 2 rings (SSSR count). The van der Waals surface area contributed by atoms with Crippen molar-refractivity contribution in [3.05, 3.63) is 23.9 Å². The number of hydrogen-bond donors (Lipinski definition) is 2. The van der Waals surface area contributed by atoms with E-state index in [4.69, 9.17) is 4.74 Å². The van der Waals surface area contributed by atoms with E-state index in [2.05, 4.69) is 20.5 Å². The summed E-state index contributed by atoms with van der Waals surface area (Å²) in [6.45, 7) is 9.47. The highest BCUT2D eigenvalue weighted by Gasteiger charge is 2.10. The molecule has 1 aliphatic rings. The predicted octanol–water partition coefficient (Wildman–Crippen LogP) is 1.35. The van der Waals surface area contributed by atoms with Gasteiger partial charge >= 0.3 is 0 Å². The zero-order valence-electron chi connectivity index (χ0n) is 13.5. The first-order valence-electron chi connectivity index (χ1n) is 8.00. The van der Waals surface area contributed by atoms with Gasteiger partial charge in [0, 0.05) is 38.4 Å². The third kappa shape index (κ3) is 5.27. The van der Waals surface area contributed by atoms with Gasteiger partial charge in [-0.3, -0.25) is 9.69 Å². The van der Waals surface area contributed by atoms with Crippen LogP contribution in [0.1, 0.15) is 30.6 Å². The van der Waals surface area contributed by atoms with Gasteiger partial charge in [-0.05, 0) is 25.5 Å². The molecule has 1 fully saturated rings. The van der Waals surface area contributed by atoms with Gasteiger partial charge in [0.05, 0.1) is 18.8 Å². The van der Waals surface area contributed by atoms with Crippen LogP contribution >= 0.6 is 0 Å². The molecule has 122 valence electrons. The normalized spacial score (nSPS) is 17.0. The maximum absolute atomic E-state index is 12.0. The fraction of sp³-hybridized carbons (Fsp3) is 0.625. The van der Waals surface area contributed by atoms with Crippen LogP contribution in [0.3, 0.4) is 0 Å². The minimum absolute atomic E-state index is 0.0679. The van der Waals surface area contributed by atoms with Gasteiger partial charge in [-0.2, -0.15) is 0 Å². The van der Waals surface area contributed by atoms with Crippen LogP contribution < -0.4 is 10.6 Å². The van der Waals surface area contributed by atoms with Gasteiger partial charge in [0.2, 0.25) is 0 Å². The Morgan fingerprint density at radius 3 is 2.82 bits per heavy atom. The van der Waals surface area contributed by atoms with Crippen molar-refractivity contribution in [1.29, 1.82) is 0 Å². The minimum atomic E-state index is -0.0679.